The van der Waals surface area contributed by atoms with Gasteiger partial charge in [0.2, 0.25) is 11.9 Å². The van der Waals surface area contributed by atoms with Crippen LogP contribution in [0.15, 0.2) is 54.7 Å². The molecule has 0 saturated carbocycles. The van der Waals surface area contributed by atoms with Gasteiger partial charge in [0.25, 0.3) is 0 Å². The van der Waals surface area contributed by atoms with Gasteiger partial charge in [-0.15, -0.1) is 0 Å². The largest absolute Gasteiger partial charge is 0.369 e. The molecule has 0 radical (unpaired) electrons. The molecule has 2 aliphatic rings. The minimum atomic E-state index is -0.271. The minimum absolute atomic E-state index is 0.212. The molecule has 2 aromatic carbocycles. The number of anilines is 5. The van der Waals surface area contributed by atoms with Gasteiger partial charge in [0, 0.05) is 49.8 Å². The van der Waals surface area contributed by atoms with Crippen molar-refractivity contribution in [1.82, 2.24) is 29.7 Å². The molecule has 0 unspecified atom stereocenters. The number of nitrogens with zero attached hydrogens (tertiary/aromatic N) is 6. The molecule has 4 aromatic rings. The van der Waals surface area contributed by atoms with Crippen molar-refractivity contribution in [1.29, 1.82) is 0 Å². The smallest absolute Gasteiger partial charge is 0.229 e. The van der Waals surface area contributed by atoms with Crippen LogP contribution < -0.4 is 20.9 Å². The van der Waals surface area contributed by atoms with Crippen LogP contribution >= 0.6 is 0 Å². The second kappa shape index (κ2) is 9.71. The third-order valence-corrected chi connectivity index (χ3v) is 6.92. The Hall–Kier alpha value is -3.76. The van der Waals surface area contributed by atoms with Crippen molar-refractivity contribution in [2.24, 2.45) is 0 Å². The number of halogens is 1. The lowest BCUT2D eigenvalue weighted by Crippen LogP contribution is -2.44. The van der Waals surface area contributed by atoms with Gasteiger partial charge in [-0.25, -0.2) is 14.4 Å². The molecule has 186 valence electrons. The molecule has 2 aromatic heterocycles. The third kappa shape index (κ3) is 4.69. The molecule has 0 aliphatic carbocycles. The van der Waals surface area contributed by atoms with E-state index in [0.29, 0.717) is 17.4 Å². The van der Waals surface area contributed by atoms with Crippen molar-refractivity contribution in [3.05, 3.63) is 60.5 Å². The van der Waals surface area contributed by atoms with Crippen molar-refractivity contribution in [3.63, 3.8) is 0 Å². The SMILES string of the molecule is CN1CCN(c2ccc(Nc3ncc4nc(Nc5ccc(F)cc5)n([C@H]5CCNC5)c4n3)cc2)CC1. The zero-order valence-corrected chi connectivity index (χ0v) is 20.3. The predicted molar refractivity (Wildman–Crippen MR) is 141 cm³/mol. The Labute approximate surface area is 209 Å². The summed E-state index contributed by atoms with van der Waals surface area (Å²) in [6.07, 6.45) is 2.72. The maximum Gasteiger partial charge on any atom is 0.229 e. The summed E-state index contributed by atoms with van der Waals surface area (Å²) in [7, 11) is 2.16. The predicted octanol–water partition coefficient (Wildman–Crippen LogP) is 3.74. The first-order valence-corrected chi connectivity index (χ1v) is 12.4. The van der Waals surface area contributed by atoms with E-state index < -0.39 is 0 Å². The molecule has 1 atom stereocenters. The molecule has 9 nitrogen and oxygen atoms in total. The van der Waals surface area contributed by atoms with Crippen LogP contribution in [0.1, 0.15) is 12.5 Å². The molecule has 0 amide bonds. The Balaban J connectivity index is 1.26. The highest BCUT2D eigenvalue weighted by atomic mass is 19.1. The van der Waals surface area contributed by atoms with Crippen LogP contribution in [0.5, 0.6) is 0 Å². The molecule has 0 spiro atoms. The van der Waals surface area contributed by atoms with Crippen molar-refractivity contribution in [2.75, 3.05) is 61.8 Å². The second-order valence-electron chi connectivity index (χ2n) is 9.45. The van der Waals surface area contributed by atoms with E-state index in [1.165, 1.54) is 17.8 Å². The fourth-order valence-electron chi connectivity index (χ4n) is 4.86. The molecule has 2 fully saturated rings. The minimum Gasteiger partial charge on any atom is -0.369 e. The highest BCUT2D eigenvalue weighted by molar-refractivity contribution is 5.77. The van der Waals surface area contributed by atoms with Crippen molar-refractivity contribution in [2.45, 2.75) is 12.5 Å². The summed E-state index contributed by atoms with van der Waals surface area (Å²) in [6.45, 7) is 6.01. The Morgan fingerprint density at radius 3 is 2.36 bits per heavy atom. The fourth-order valence-corrected chi connectivity index (χ4v) is 4.86. The Morgan fingerprint density at radius 1 is 0.917 bits per heavy atom. The molecule has 4 heterocycles. The maximum atomic E-state index is 13.4. The Kier molecular flexibility index (Phi) is 6.12. The summed E-state index contributed by atoms with van der Waals surface area (Å²) in [6, 6.07) is 14.9. The molecular weight excluding hydrogens is 457 g/mol. The Morgan fingerprint density at radius 2 is 1.64 bits per heavy atom. The fraction of sp³-hybridized carbons (Fsp3) is 0.346. The molecule has 6 rings (SSSR count). The first-order valence-electron chi connectivity index (χ1n) is 12.4. The summed E-state index contributed by atoms with van der Waals surface area (Å²) >= 11 is 0. The topological polar surface area (TPSA) is 86.2 Å². The van der Waals surface area contributed by atoms with E-state index in [-0.39, 0.29) is 11.9 Å². The van der Waals surface area contributed by atoms with Gasteiger partial charge in [0.15, 0.2) is 5.65 Å². The molecule has 3 N–H and O–H groups in total. The summed E-state index contributed by atoms with van der Waals surface area (Å²) in [4.78, 5) is 18.9. The number of hydrogen-bond donors (Lipinski definition) is 3. The van der Waals surface area contributed by atoms with E-state index in [0.717, 1.165) is 62.7 Å². The summed E-state index contributed by atoms with van der Waals surface area (Å²) < 4.78 is 15.5. The van der Waals surface area contributed by atoms with Crippen LogP contribution in [0, 0.1) is 5.82 Å². The standard InChI is InChI=1S/C26H30FN9/c1-34-12-14-35(15-13-34)21-8-6-19(7-9-21)30-25-29-17-23-24(33-25)36(22-10-11-28-16-22)26(32-23)31-20-4-2-18(27)3-5-20/h2-9,17,22,28H,10-16H2,1H3,(H,31,32)(H,29,30,33)/t22-/m0/s1. The van der Waals surface area contributed by atoms with Crippen molar-refractivity contribution in [3.8, 4) is 0 Å². The van der Waals surface area contributed by atoms with E-state index in [4.69, 9.17) is 9.97 Å². The molecule has 2 aliphatic heterocycles. The lowest BCUT2D eigenvalue weighted by molar-refractivity contribution is 0.313. The Bertz CT molecular complexity index is 1320. The van der Waals surface area contributed by atoms with Crippen LogP contribution in [-0.4, -0.2) is 70.7 Å². The van der Waals surface area contributed by atoms with E-state index >= 15 is 0 Å². The number of nitrogens with one attached hydrogen (secondary N) is 3. The van der Waals surface area contributed by atoms with Crippen LogP contribution in [0.25, 0.3) is 11.2 Å². The molecule has 10 heteroatoms. The van der Waals surface area contributed by atoms with E-state index in [2.05, 4.69) is 66.6 Å². The summed E-state index contributed by atoms with van der Waals surface area (Å²) in [5.41, 5.74) is 4.41. The number of rotatable bonds is 6. The summed E-state index contributed by atoms with van der Waals surface area (Å²) in [5.74, 6) is 0.927. The van der Waals surface area contributed by atoms with Gasteiger partial charge in [0.05, 0.1) is 12.2 Å². The quantitative estimate of drug-likeness (QED) is 0.379. The summed E-state index contributed by atoms with van der Waals surface area (Å²) in [5, 5.41) is 10.1. The van der Waals surface area contributed by atoms with Gasteiger partial charge in [-0.05, 0) is 68.5 Å². The third-order valence-electron chi connectivity index (χ3n) is 6.92. The number of aromatic nitrogens is 4. The van der Waals surface area contributed by atoms with Crippen LogP contribution in [0.3, 0.4) is 0 Å². The van der Waals surface area contributed by atoms with Crippen LogP contribution in [0.4, 0.5) is 33.3 Å². The maximum absolute atomic E-state index is 13.4. The van der Waals surface area contributed by atoms with Gasteiger partial charge in [-0.2, -0.15) is 4.98 Å². The average Bonchev–Trinajstić information content (AvgIpc) is 3.54. The molecule has 0 bridgehead atoms. The van der Waals surface area contributed by atoms with Gasteiger partial charge in [-0.1, -0.05) is 0 Å². The van der Waals surface area contributed by atoms with Crippen molar-refractivity contribution >= 4 is 40.1 Å². The van der Waals surface area contributed by atoms with Gasteiger partial charge >= 0.3 is 0 Å². The lowest BCUT2D eigenvalue weighted by atomic mass is 10.2. The first kappa shape index (κ1) is 22.7. The monoisotopic (exact) mass is 487 g/mol. The van der Waals surface area contributed by atoms with E-state index in [1.54, 1.807) is 18.3 Å². The first-order chi connectivity index (χ1) is 17.6. The highest BCUT2D eigenvalue weighted by Crippen LogP contribution is 2.30. The van der Waals surface area contributed by atoms with Gasteiger partial charge < -0.3 is 25.8 Å². The highest BCUT2D eigenvalue weighted by Gasteiger charge is 2.24. The number of piperazine rings is 1. The lowest BCUT2D eigenvalue weighted by Gasteiger charge is -2.34. The molecule has 2 saturated heterocycles. The number of likely N-dealkylation sites (N-methyl/N-ethyl adjacent to an activating group) is 1. The zero-order chi connectivity index (χ0) is 24.5. The number of imidazole rings is 1. The second-order valence-corrected chi connectivity index (χ2v) is 9.45. The number of hydrogen-bond acceptors (Lipinski definition) is 8. The zero-order valence-electron chi connectivity index (χ0n) is 20.3. The molecule has 36 heavy (non-hydrogen) atoms. The van der Waals surface area contributed by atoms with Crippen LogP contribution in [0.2, 0.25) is 0 Å². The average molecular weight is 488 g/mol. The molecular formula is C26H30FN9. The van der Waals surface area contributed by atoms with Crippen molar-refractivity contribution < 1.29 is 4.39 Å². The number of benzene rings is 2. The normalized spacial score (nSPS) is 18.6. The van der Waals surface area contributed by atoms with Gasteiger partial charge in [-0.3, -0.25) is 4.57 Å². The van der Waals surface area contributed by atoms with Gasteiger partial charge in [0.1, 0.15) is 11.3 Å². The van der Waals surface area contributed by atoms with Crippen LogP contribution in [-0.2, 0) is 0 Å². The van der Waals surface area contributed by atoms with E-state index in [1.807, 2.05) is 0 Å². The van der Waals surface area contributed by atoms with E-state index in [9.17, 15) is 4.39 Å². The number of fused-ring (bicyclic) bond motifs is 1.